The molecule has 0 amide bonds. The third-order valence-corrected chi connectivity index (χ3v) is 7.61. The molecule has 3 N–H and O–H groups in total. The van der Waals surface area contributed by atoms with E-state index in [0.29, 0.717) is 45.7 Å². The summed E-state index contributed by atoms with van der Waals surface area (Å²) in [5, 5.41) is 26.3. The predicted octanol–water partition coefficient (Wildman–Crippen LogP) is 6.47. The highest BCUT2D eigenvalue weighted by Gasteiger charge is 2.27. The second-order valence-corrected chi connectivity index (χ2v) is 10.4. The van der Waals surface area contributed by atoms with Gasteiger partial charge in [-0.1, -0.05) is 24.3 Å². The Hall–Kier alpha value is -5.38. The van der Waals surface area contributed by atoms with Crippen LogP contribution in [0.4, 0.5) is 11.4 Å². The van der Waals surface area contributed by atoms with E-state index in [2.05, 4.69) is 21.4 Å². The maximum Gasteiger partial charge on any atom is 0.340 e. The Balaban J connectivity index is 1.30. The molecular formula is C33H30N4O6. The standard InChI is InChI=1S/C33H30N4O6/c1-3-42-33(39)28-19(2)35-32-30(29(28)23-9-8-22-14-15-34-26(22)17-23)31(38)27(36-32)16-20-6-12-25(13-7-20)43-18-21-4-10-24(11-5-21)37(40)41/h4-13,17,34,38H,3,14-16,18H2,1-2H3,(H,35,36). The van der Waals surface area contributed by atoms with E-state index in [4.69, 9.17) is 9.47 Å². The Morgan fingerprint density at radius 1 is 1.07 bits per heavy atom. The van der Waals surface area contributed by atoms with E-state index in [1.807, 2.05) is 36.4 Å². The Morgan fingerprint density at radius 2 is 1.81 bits per heavy atom. The number of rotatable bonds is 9. The van der Waals surface area contributed by atoms with Crippen molar-refractivity contribution in [1.29, 1.82) is 0 Å². The lowest BCUT2D eigenvalue weighted by atomic mass is 9.94. The molecule has 10 heteroatoms. The van der Waals surface area contributed by atoms with Gasteiger partial charge < -0.3 is 24.9 Å². The molecule has 6 rings (SSSR count). The summed E-state index contributed by atoms with van der Waals surface area (Å²) in [4.78, 5) is 31.5. The second kappa shape index (κ2) is 11.5. The first-order valence-electron chi connectivity index (χ1n) is 14.1. The summed E-state index contributed by atoms with van der Waals surface area (Å²) in [7, 11) is 0. The van der Waals surface area contributed by atoms with Crippen LogP contribution in [0.5, 0.6) is 11.5 Å². The highest BCUT2D eigenvalue weighted by molar-refractivity contribution is 6.10. The van der Waals surface area contributed by atoms with Gasteiger partial charge in [0.15, 0.2) is 0 Å². The van der Waals surface area contributed by atoms with Gasteiger partial charge in [-0.25, -0.2) is 9.78 Å². The first kappa shape index (κ1) is 27.8. The van der Waals surface area contributed by atoms with Crippen molar-refractivity contribution >= 4 is 28.4 Å². The number of aromatic amines is 1. The quantitative estimate of drug-likeness (QED) is 0.103. The van der Waals surface area contributed by atoms with Gasteiger partial charge in [0, 0.05) is 36.3 Å². The molecule has 0 bridgehead atoms. The number of nitrogens with one attached hydrogen (secondary N) is 2. The first-order chi connectivity index (χ1) is 20.8. The van der Waals surface area contributed by atoms with E-state index in [9.17, 15) is 20.0 Å². The number of non-ortho nitro benzene ring substituents is 1. The number of hydrogen-bond donors (Lipinski definition) is 3. The van der Waals surface area contributed by atoms with Crippen molar-refractivity contribution in [2.75, 3.05) is 18.5 Å². The third-order valence-electron chi connectivity index (χ3n) is 7.61. The molecule has 0 radical (unpaired) electrons. The van der Waals surface area contributed by atoms with Gasteiger partial charge >= 0.3 is 5.97 Å². The zero-order valence-corrected chi connectivity index (χ0v) is 23.8. The van der Waals surface area contributed by atoms with Crippen LogP contribution >= 0.6 is 0 Å². The highest BCUT2D eigenvalue weighted by Crippen LogP contribution is 2.42. The van der Waals surface area contributed by atoms with Crippen LogP contribution in [0.3, 0.4) is 0 Å². The Bertz CT molecular complexity index is 1850. The monoisotopic (exact) mass is 578 g/mol. The van der Waals surface area contributed by atoms with Crippen LogP contribution in [0, 0.1) is 17.0 Å². The Morgan fingerprint density at radius 3 is 2.53 bits per heavy atom. The molecule has 5 aromatic rings. The summed E-state index contributed by atoms with van der Waals surface area (Å²) in [6.45, 7) is 4.88. The molecule has 0 fully saturated rings. The number of benzene rings is 3. The van der Waals surface area contributed by atoms with Gasteiger partial charge in [0.05, 0.1) is 33.9 Å². The SMILES string of the molecule is CCOC(=O)c1c(C)nc2[nH]c(Cc3ccc(OCc4ccc([N+](=O)[O-])cc4)cc3)c(O)c2c1-c1ccc2c(c1)NCC2. The predicted molar refractivity (Wildman–Crippen MR) is 163 cm³/mol. The average Bonchev–Trinajstić information content (AvgIpc) is 3.59. The number of aromatic hydroxyl groups is 1. The van der Waals surface area contributed by atoms with Gasteiger partial charge in [-0.3, -0.25) is 10.1 Å². The average molecular weight is 579 g/mol. The number of anilines is 1. The molecule has 0 aliphatic carbocycles. The summed E-state index contributed by atoms with van der Waals surface area (Å²) in [6, 6.07) is 19.8. The molecule has 0 saturated carbocycles. The third kappa shape index (κ3) is 5.46. The lowest BCUT2D eigenvalue weighted by Crippen LogP contribution is -2.10. The van der Waals surface area contributed by atoms with Crippen LogP contribution in [0.2, 0.25) is 0 Å². The zero-order valence-electron chi connectivity index (χ0n) is 23.8. The maximum absolute atomic E-state index is 13.2. The summed E-state index contributed by atoms with van der Waals surface area (Å²) in [5.74, 6) is 0.200. The fourth-order valence-corrected chi connectivity index (χ4v) is 5.48. The van der Waals surface area contributed by atoms with Crippen molar-refractivity contribution in [3.63, 3.8) is 0 Å². The minimum Gasteiger partial charge on any atom is -0.505 e. The Kier molecular flexibility index (Phi) is 7.41. The molecule has 0 saturated heterocycles. The normalized spacial score (nSPS) is 12.1. The second-order valence-electron chi connectivity index (χ2n) is 10.4. The van der Waals surface area contributed by atoms with Gasteiger partial charge in [-0.05, 0) is 72.9 Å². The molecule has 2 aromatic heterocycles. The number of aryl methyl sites for hydroxylation is 1. The molecule has 218 valence electrons. The van der Waals surface area contributed by atoms with Crippen molar-refractivity contribution in [3.05, 3.63) is 110 Å². The molecule has 0 spiro atoms. The molecular weight excluding hydrogens is 548 g/mol. The van der Waals surface area contributed by atoms with E-state index in [-0.39, 0.29) is 24.7 Å². The lowest BCUT2D eigenvalue weighted by molar-refractivity contribution is -0.384. The topological polar surface area (TPSA) is 140 Å². The van der Waals surface area contributed by atoms with E-state index < -0.39 is 10.9 Å². The zero-order chi connectivity index (χ0) is 30.1. The van der Waals surface area contributed by atoms with Crippen molar-refractivity contribution in [1.82, 2.24) is 9.97 Å². The largest absolute Gasteiger partial charge is 0.505 e. The number of nitrogens with zero attached hydrogens (tertiary/aromatic N) is 2. The van der Waals surface area contributed by atoms with Crippen molar-refractivity contribution in [3.8, 4) is 22.6 Å². The van der Waals surface area contributed by atoms with Crippen LogP contribution in [0.1, 0.15) is 45.4 Å². The number of ether oxygens (including phenoxy) is 2. The summed E-state index contributed by atoms with van der Waals surface area (Å²) < 4.78 is 11.3. The number of fused-ring (bicyclic) bond motifs is 2. The van der Waals surface area contributed by atoms with Crippen LogP contribution in [0.15, 0.2) is 66.7 Å². The molecule has 1 aliphatic heterocycles. The number of carbonyl (C=O) groups excluding carboxylic acids is 1. The number of esters is 1. The van der Waals surface area contributed by atoms with Gasteiger partial charge in [0.1, 0.15) is 23.8 Å². The smallest absolute Gasteiger partial charge is 0.340 e. The number of nitro groups is 1. The molecule has 0 atom stereocenters. The number of carbonyl (C=O) groups is 1. The molecule has 3 aromatic carbocycles. The van der Waals surface area contributed by atoms with Gasteiger partial charge in [0.2, 0.25) is 0 Å². The summed E-state index contributed by atoms with van der Waals surface area (Å²) >= 11 is 0. The molecule has 0 unspecified atom stereocenters. The van der Waals surface area contributed by atoms with Gasteiger partial charge in [-0.2, -0.15) is 0 Å². The van der Waals surface area contributed by atoms with Crippen molar-refractivity contribution < 1.29 is 24.3 Å². The number of nitro benzene ring substituents is 1. The van der Waals surface area contributed by atoms with Crippen molar-refractivity contribution in [2.45, 2.75) is 33.3 Å². The minimum atomic E-state index is -0.482. The fourth-order valence-electron chi connectivity index (χ4n) is 5.48. The molecule has 1 aliphatic rings. The summed E-state index contributed by atoms with van der Waals surface area (Å²) in [5.41, 5.74) is 7.30. The number of hydrogen-bond acceptors (Lipinski definition) is 8. The van der Waals surface area contributed by atoms with E-state index in [1.54, 1.807) is 26.0 Å². The van der Waals surface area contributed by atoms with Crippen molar-refractivity contribution in [2.24, 2.45) is 0 Å². The van der Waals surface area contributed by atoms with E-state index in [0.717, 1.165) is 35.3 Å². The van der Waals surface area contributed by atoms with Crippen LogP contribution < -0.4 is 10.1 Å². The minimum absolute atomic E-state index is 0.0345. The number of H-pyrrole nitrogens is 1. The fraction of sp³-hybridized carbons (Fsp3) is 0.212. The maximum atomic E-state index is 13.2. The van der Waals surface area contributed by atoms with E-state index in [1.165, 1.54) is 17.7 Å². The summed E-state index contributed by atoms with van der Waals surface area (Å²) in [6.07, 6.45) is 1.33. The molecule has 10 nitrogen and oxygen atoms in total. The van der Waals surface area contributed by atoms with Crippen LogP contribution in [-0.4, -0.2) is 39.1 Å². The van der Waals surface area contributed by atoms with Gasteiger partial charge in [0.25, 0.3) is 5.69 Å². The molecule has 3 heterocycles. The first-order valence-corrected chi connectivity index (χ1v) is 14.1. The van der Waals surface area contributed by atoms with Crippen LogP contribution in [0.25, 0.3) is 22.2 Å². The van der Waals surface area contributed by atoms with Gasteiger partial charge in [-0.15, -0.1) is 0 Å². The molecule has 43 heavy (non-hydrogen) atoms. The number of aromatic nitrogens is 2. The van der Waals surface area contributed by atoms with Crippen LogP contribution in [-0.2, 0) is 24.2 Å². The number of pyridine rings is 1. The highest BCUT2D eigenvalue weighted by atomic mass is 16.6. The van der Waals surface area contributed by atoms with E-state index >= 15 is 0 Å². The Labute approximate surface area is 247 Å². The lowest BCUT2D eigenvalue weighted by Gasteiger charge is -2.14.